The van der Waals surface area contributed by atoms with Crippen LogP contribution in [0.4, 0.5) is 4.39 Å². The third-order valence-corrected chi connectivity index (χ3v) is 5.37. The van der Waals surface area contributed by atoms with Crippen LogP contribution in [0.2, 0.25) is 5.02 Å². The van der Waals surface area contributed by atoms with E-state index in [0.29, 0.717) is 22.5 Å². The molecule has 0 spiro atoms. The van der Waals surface area contributed by atoms with Gasteiger partial charge in [-0.1, -0.05) is 54.9 Å². The van der Waals surface area contributed by atoms with Gasteiger partial charge in [-0.3, -0.25) is 14.2 Å². The number of hydrogen-bond donors (Lipinski definition) is 0. The first-order valence-corrected chi connectivity index (χ1v) is 10.1. The molecule has 0 saturated carbocycles. The zero-order valence-electron chi connectivity index (χ0n) is 16.6. The van der Waals surface area contributed by atoms with Crippen LogP contribution in [-0.4, -0.2) is 14.9 Å². The average molecular weight is 437 g/mol. The highest BCUT2D eigenvalue weighted by molar-refractivity contribution is 6.31. The fourth-order valence-corrected chi connectivity index (χ4v) is 3.69. The molecule has 1 aromatic heterocycles. The van der Waals surface area contributed by atoms with Gasteiger partial charge in [0, 0.05) is 17.0 Å². The summed E-state index contributed by atoms with van der Waals surface area (Å²) < 4.78 is 16.7. The van der Waals surface area contributed by atoms with Crippen LogP contribution in [0.5, 0.6) is 0 Å². The second-order valence-electron chi connectivity index (χ2n) is 7.10. The summed E-state index contributed by atoms with van der Waals surface area (Å²) in [5.74, 6) is -0.655. The first kappa shape index (κ1) is 20.8. The summed E-state index contributed by atoms with van der Waals surface area (Å²) in [4.78, 5) is 38.3. The molecule has 0 radical (unpaired) electrons. The molecule has 0 unspecified atom stereocenters. The Morgan fingerprint density at radius 2 is 1.71 bits per heavy atom. The van der Waals surface area contributed by atoms with Crippen LogP contribution in [0.15, 0.2) is 76.3 Å². The van der Waals surface area contributed by atoms with Gasteiger partial charge in [0.15, 0.2) is 5.78 Å². The summed E-state index contributed by atoms with van der Waals surface area (Å²) in [5, 5.41) is 0.609. The molecule has 4 aromatic rings. The zero-order chi connectivity index (χ0) is 22.1. The van der Waals surface area contributed by atoms with Crippen molar-refractivity contribution >= 4 is 28.3 Å². The fourth-order valence-electron chi connectivity index (χ4n) is 3.52. The van der Waals surface area contributed by atoms with Crippen molar-refractivity contribution in [3.05, 3.63) is 110 Å². The predicted molar refractivity (Wildman–Crippen MR) is 119 cm³/mol. The molecule has 0 aliphatic rings. The quantitative estimate of drug-likeness (QED) is 0.430. The van der Waals surface area contributed by atoms with Crippen molar-refractivity contribution in [3.8, 4) is 5.69 Å². The first-order valence-electron chi connectivity index (χ1n) is 9.73. The van der Waals surface area contributed by atoms with Crippen molar-refractivity contribution in [1.29, 1.82) is 0 Å². The molecule has 4 rings (SSSR count). The fraction of sp³-hybridized carbons (Fsp3) is 0.125. The summed E-state index contributed by atoms with van der Waals surface area (Å²) in [7, 11) is 0. The highest BCUT2D eigenvalue weighted by Gasteiger charge is 2.17. The Bertz CT molecular complexity index is 1420. The number of nitrogens with zero attached hydrogens (tertiary/aromatic N) is 2. The molecule has 0 aliphatic carbocycles. The van der Waals surface area contributed by atoms with Gasteiger partial charge in [-0.25, -0.2) is 13.8 Å². The number of hydrogen-bond acceptors (Lipinski definition) is 3. The summed E-state index contributed by atoms with van der Waals surface area (Å²) in [6.45, 7) is 1.91. The lowest BCUT2D eigenvalue weighted by atomic mass is 10.1. The van der Waals surface area contributed by atoms with Crippen LogP contribution in [0.1, 0.15) is 29.3 Å². The summed E-state index contributed by atoms with van der Waals surface area (Å²) in [5.41, 5.74) is 0.258. The monoisotopic (exact) mass is 436 g/mol. The molecular weight excluding hydrogens is 419 g/mol. The van der Waals surface area contributed by atoms with Crippen molar-refractivity contribution in [3.63, 3.8) is 0 Å². The third-order valence-electron chi connectivity index (χ3n) is 5.14. The number of para-hydroxylation sites is 1. The second-order valence-corrected chi connectivity index (χ2v) is 7.53. The Balaban J connectivity index is 1.95. The number of benzene rings is 3. The van der Waals surface area contributed by atoms with Gasteiger partial charge in [0.05, 0.1) is 23.1 Å². The Labute approximate surface area is 181 Å². The van der Waals surface area contributed by atoms with Gasteiger partial charge in [0.2, 0.25) is 0 Å². The molecule has 0 aliphatic heterocycles. The van der Waals surface area contributed by atoms with Gasteiger partial charge in [0.25, 0.3) is 5.56 Å². The molecule has 7 heteroatoms. The van der Waals surface area contributed by atoms with E-state index in [1.807, 2.05) is 0 Å². The van der Waals surface area contributed by atoms with Gasteiger partial charge in [-0.2, -0.15) is 0 Å². The summed E-state index contributed by atoms with van der Waals surface area (Å²) >= 11 is 6.13. The standard InChI is InChI=1S/C24H18ClFN2O3/c1-2-22(29)16-9-7-15(8-10-16)14-27-21-13-17(25)11-12-18(21)23(30)28(24(27)31)20-6-4-3-5-19(20)26/h3-13H,2,14H2,1H3. The smallest absolute Gasteiger partial charge is 0.294 e. The number of halogens is 2. The lowest BCUT2D eigenvalue weighted by Gasteiger charge is -2.15. The maximum atomic E-state index is 14.5. The first-order chi connectivity index (χ1) is 14.9. The SMILES string of the molecule is CCC(=O)c1ccc(Cn2c(=O)n(-c3ccccc3F)c(=O)c3ccc(Cl)cc32)cc1. The van der Waals surface area contributed by atoms with Crippen LogP contribution in [0.25, 0.3) is 16.6 Å². The van der Waals surface area contributed by atoms with Crippen molar-refractivity contribution < 1.29 is 9.18 Å². The van der Waals surface area contributed by atoms with E-state index in [1.54, 1.807) is 49.4 Å². The van der Waals surface area contributed by atoms with Gasteiger partial charge in [-0.05, 0) is 35.9 Å². The molecule has 0 amide bonds. The molecule has 3 aromatic carbocycles. The topological polar surface area (TPSA) is 61.1 Å². The molecule has 31 heavy (non-hydrogen) atoms. The minimum absolute atomic E-state index is 0.0223. The normalized spacial score (nSPS) is 11.1. The van der Waals surface area contributed by atoms with Gasteiger partial charge < -0.3 is 0 Å². The van der Waals surface area contributed by atoms with Crippen LogP contribution in [-0.2, 0) is 6.54 Å². The Morgan fingerprint density at radius 3 is 2.39 bits per heavy atom. The van der Waals surface area contributed by atoms with E-state index in [2.05, 4.69) is 0 Å². The lowest BCUT2D eigenvalue weighted by Crippen LogP contribution is -2.39. The highest BCUT2D eigenvalue weighted by Crippen LogP contribution is 2.19. The maximum absolute atomic E-state index is 14.5. The number of rotatable bonds is 5. The van der Waals surface area contributed by atoms with E-state index in [4.69, 9.17) is 11.6 Å². The van der Waals surface area contributed by atoms with Gasteiger partial charge in [-0.15, -0.1) is 0 Å². The summed E-state index contributed by atoms with van der Waals surface area (Å²) in [6.07, 6.45) is 0.398. The van der Waals surface area contributed by atoms with Crippen LogP contribution >= 0.6 is 11.6 Å². The third kappa shape index (κ3) is 3.82. The predicted octanol–water partition coefficient (Wildman–Crippen LogP) is 4.59. The van der Waals surface area contributed by atoms with E-state index in [9.17, 15) is 18.8 Å². The Kier molecular flexibility index (Phi) is 5.57. The molecule has 0 bridgehead atoms. The molecule has 0 fully saturated rings. The molecule has 5 nitrogen and oxygen atoms in total. The van der Waals surface area contributed by atoms with E-state index in [-0.39, 0.29) is 23.4 Å². The average Bonchev–Trinajstić information content (AvgIpc) is 2.77. The zero-order valence-corrected chi connectivity index (χ0v) is 17.4. The van der Waals surface area contributed by atoms with Crippen LogP contribution in [0, 0.1) is 5.82 Å². The summed E-state index contributed by atoms with van der Waals surface area (Å²) in [6, 6.07) is 17.2. The van der Waals surface area contributed by atoms with Crippen LogP contribution < -0.4 is 11.2 Å². The molecule has 0 atom stereocenters. The van der Waals surface area contributed by atoms with Crippen molar-refractivity contribution in [2.75, 3.05) is 0 Å². The number of ketones is 1. The molecule has 0 saturated heterocycles. The lowest BCUT2D eigenvalue weighted by molar-refractivity contribution is 0.0988. The Morgan fingerprint density at radius 1 is 1.00 bits per heavy atom. The molecule has 1 heterocycles. The van der Waals surface area contributed by atoms with Crippen molar-refractivity contribution in [2.24, 2.45) is 0 Å². The Hall–Kier alpha value is -3.51. The van der Waals surface area contributed by atoms with Crippen molar-refractivity contribution in [2.45, 2.75) is 19.9 Å². The number of fused-ring (bicyclic) bond motifs is 1. The second kappa shape index (κ2) is 8.32. The number of carbonyl (C=O) groups excluding carboxylic acids is 1. The van der Waals surface area contributed by atoms with E-state index >= 15 is 0 Å². The van der Waals surface area contributed by atoms with E-state index in [1.165, 1.54) is 28.8 Å². The van der Waals surface area contributed by atoms with E-state index < -0.39 is 17.1 Å². The molecular formula is C24H18ClFN2O3. The minimum Gasteiger partial charge on any atom is -0.294 e. The van der Waals surface area contributed by atoms with E-state index in [0.717, 1.165) is 10.1 Å². The maximum Gasteiger partial charge on any atom is 0.336 e. The largest absolute Gasteiger partial charge is 0.336 e. The van der Waals surface area contributed by atoms with Gasteiger partial charge >= 0.3 is 5.69 Å². The highest BCUT2D eigenvalue weighted by atomic mass is 35.5. The number of carbonyl (C=O) groups is 1. The minimum atomic E-state index is -0.682. The number of Topliss-reactive ketones (excluding diaryl/α,β-unsaturated/α-hetero) is 1. The van der Waals surface area contributed by atoms with Crippen LogP contribution in [0.3, 0.4) is 0 Å². The number of aromatic nitrogens is 2. The van der Waals surface area contributed by atoms with Crippen molar-refractivity contribution in [1.82, 2.24) is 9.13 Å². The molecule has 156 valence electrons. The van der Waals surface area contributed by atoms with Gasteiger partial charge in [0.1, 0.15) is 5.82 Å². The molecule has 0 N–H and O–H groups in total.